The Morgan fingerprint density at radius 3 is 2.12 bits per heavy atom. The number of Topliss-reactive ketones (excluding diaryl/α,β-unsaturated/α-hetero) is 2. The van der Waals surface area contributed by atoms with Crippen molar-refractivity contribution in [3.8, 4) is 0 Å². The van der Waals surface area contributed by atoms with Gasteiger partial charge in [0, 0.05) is 29.1 Å². The molecular weight excluding hydrogens is 656 g/mol. The van der Waals surface area contributed by atoms with Crippen molar-refractivity contribution < 1.29 is 39.6 Å². The number of carbonyl (C=O) groups excluding carboxylic acids is 4. The lowest BCUT2D eigenvalue weighted by Crippen LogP contribution is -2.62. The molecular formula is C44H62O8. The topological polar surface area (TPSA) is 149 Å². The summed E-state index contributed by atoms with van der Waals surface area (Å²) in [6.07, 6.45) is 13.8. The summed E-state index contributed by atoms with van der Waals surface area (Å²) in [4.78, 5) is 48.6. The van der Waals surface area contributed by atoms with Gasteiger partial charge in [0.2, 0.25) is 0 Å². The van der Waals surface area contributed by atoms with Crippen molar-refractivity contribution in [2.24, 2.45) is 74.9 Å². The maximum atomic E-state index is 12.4. The van der Waals surface area contributed by atoms with Crippen LogP contribution in [0.2, 0.25) is 0 Å². The van der Waals surface area contributed by atoms with Crippen molar-refractivity contribution in [2.75, 3.05) is 6.61 Å². The summed E-state index contributed by atoms with van der Waals surface area (Å²) < 4.78 is 0. The first-order valence-corrected chi connectivity index (χ1v) is 20.2. The van der Waals surface area contributed by atoms with Gasteiger partial charge in [0.15, 0.2) is 17.3 Å². The van der Waals surface area contributed by atoms with Gasteiger partial charge in [-0.05, 0) is 135 Å². The summed E-state index contributed by atoms with van der Waals surface area (Å²) in [5.41, 5.74) is -0.402. The molecule has 6 saturated carbocycles. The first-order chi connectivity index (χ1) is 24.3. The third-order valence-corrected chi connectivity index (χ3v) is 17.3. The molecule has 0 unspecified atom stereocenters. The molecule has 0 aliphatic heterocycles. The van der Waals surface area contributed by atoms with Gasteiger partial charge in [-0.3, -0.25) is 19.2 Å². The van der Waals surface area contributed by atoms with E-state index in [1.807, 2.05) is 19.1 Å². The maximum absolute atomic E-state index is 12.4. The number of aliphatic hydroxyl groups is 4. The summed E-state index contributed by atoms with van der Waals surface area (Å²) in [6.45, 7) is 14.0. The molecule has 0 aromatic carbocycles. The lowest BCUT2D eigenvalue weighted by Gasteiger charge is -2.61. The Hall–Kier alpha value is -2.26. The maximum Gasteiger partial charge on any atom is 0.190 e. The molecule has 0 heterocycles. The molecule has 8 nitrogen and oxygen atoms in total. The van der Waals surface area contributed by atoms with Crippen LogP contribution in [0.3, 0.4) is 0 Å². The predicted molar refractivity (Wildman–Crippen MR) is 196 cm³/mol. The van der Waals surface area contributed by atoms with Gasteiger partial charge >= 0.3 is 0 Å². The van der Waals surface area contributed by atoms with Crippen LogP contribution in [0.5, 0.6) is 0 Å². The van der Waals surface area contributed by atoms with Crippen LogP contribution in [0.1, 0.15) is 113 Å². The molecule has 8 heteroatoms. The minimum absolute atomic E-state index is 0.00620. The second kappa shape index (κ2) is 12.6. The van der Waals surface area contributed by atoms with E-state index >= 15 is 0 Å². The molecule has 8 aliphatic carbocycles. The minimum Gasteiger partial charge on any atom is -0.393 e. The van der Waals surface area contributed by atoms with Crippen LogP contribution in [-0.4, -0.2) is 68.0 Å². The fourth-order valence-electron chi connectivity index (χ4n) is 15.1. The van der Waals surface area contributed by atoms with Crippen molar-refractivity contribution in [1.82, 2.24) is 0 Å². The zero-order valence-electron chi connectivity index (χ0n) is 32.4. The van der Waals surface area contributed by atoms with Crippen molar-refractivity contribution in [3.63, 3.8) is 0 Å². The monoisotopic (exact) mass is 718 g/mol. The molecule has 0 radical (unpaired) electrons. The highest BCUT2D eigenvalue weighted by Gasteiger charge is 2.69. The van der Waals surface area contributed by atoms with E-state index in [1.165, 1.54) is 5.57 Å². The second-order valence-electron chi connectivity index (χ2n) is 19.7. The fraction of sp³-hybridized carbons (Fsp3) is 0.773. The molecule has 0 spiro atoms. The summed E-state index contributed by atoms with van der Waals surface area (Å²) in [7, 11) is 0. The van der Waals surface area contributed by atoms with Crippen LogP contribution in [0.15, 0.2) is 35.5 Å². The zero-order valence-corrected chi connectivity index (χ0v) is 32.4. The Morgan fingerprint density at radius 1 is 0.827 bits per heavy atom. The Morgan fingerprint density at radius 2 is 1.46 bits per heavy atom. The van der Waals surface area contributed by atoms with Crippen molar-refractivity contribution in [3.05, 3.63) is 35.5 Å². The highest BCUT2D eigenvalue weighted by atomic mass is 16.3. The standard InChI is InChI=1S/C22H30O5.C22H32O3/c1-12-8-14-15-5-7-22(27,18(26)11-23)21(15,3)10-17(25)19(14)20(2)6-4-13(24)9-16(12)20;1-12-9-15-17-6-5-16(13(2)23)22(17,4)11-19(25)20(15)21(3)8-7-14(24)10-18(12)21/h4,6,9,12,14-15,17,19,23,25,27H,5,7-8,10-11H2,1-3H3;10,12,15-17,19-20,25H,5-9,11H2,1-4H3/t12-,14-,15-,17-,19+,20-,21-,22-;12-,15-,16+,17-,19-,20+,21-,22+/m00/s1. The van der Waals surface area contributed by atoms with Gasteiger partial charge in [0.25, 0.3) is 0 Å². The first kappa shape index (κ1) is 38.0. The average molecular weight is 719 g/mol. The second-order valence-corrected chi connectivity index (χ2v) is 19.7. The number of fused-ring (bicyclic) bond motifs is 10. The molecule has 0 saturated heterocycles. The molecule has 52 heavy (non-hydrogen) atoms. The summed E-state index contributed by atoms with van der Waals surface area (Å²) in [6, 6.07) is 0. The van der Waals surface area contributed by atoms with Crippen LogP contribution in [0.25, 0.3) is 0 Å². The predicted octanol–water partition coefficient (Wildman–Crippen LogP) is 5.74. The number of aliphatic hydroxyl groups excluding tert-OH is 3. The van der Waals surface area contributed by atoms with Gasteiger partial charge < -0.3 is 20.4 Å². The smallest absolute Gasteiger partial charge is 0.190 e. The largest absolute Gasteiger partial charge is 0.393 e. The number of ketones is 4. The molecule has 4 N–H and O–H groups in total. The third-order valence-electron chi connectivity index (χ3n) is 17.3. The molecule has 16 atom stereocenters. The minimum atomic E-state index is -1.57. The van der Waals surface area contributed by atoms with Crippen LogP contribution in [0.4, 0.5) is 0 Å². The van der Waals surface area contributed by atoms with Crippen LogP contribution in [0, 0.1) is 74.9 Å². The van der Waals surface area contributed by atoms with Crippen molar-refractivity contribution in [1.29, 1.82) is 0 Å². The van der Waals surface area contributed by atoms with Gasteiger partial charge in [-0.15, -0.1) is 0 Å². The van der Waals surface area contributed by atoms with E-state index in [-0.39, 0.29) is 69.4 Å². The third kappa shape index (κ3) is 5.19. The molecule has 0 bridgehead atoms. The summed E-state index contributed by atoms with van der Waals surface area (Å²) in [5, 5.41) is 43.1. The average Bonchev–Trinajstić information content (AvgIpc) is 3.55. The molecule has 0 aromatic rings. The SMILES string of the molecule is CC(=O)[C@H]1CC[C@H]2[C@@H]3C[C@H](C)C4=CC(=O)CC[C@]4(C)[C@H]3[C@@H](O)C[C@]12C.C[C@H]1C[C@@H]2[C@H]([C@@H](O)C[C@@]3(C)[C@H]2CC[C@]3(O)C(=O)CO)[C@@]2(C)C=CC(=O)C=C12. The van der Waals surface area contributed by atoms with E-state index in [0.717, 1.165) is 50.5 Å². The molecule has 8 rings (SSSR count). The Kier molecular flexibility index (Phi) is 9.25. The van der Waals surface area contributed by atoms with Crippen LogP contribution >= 0.6 is 0 Å². The van der Waals surface area contributed by atoms with Gasteiger partial charge in [-0.25, -0.2) is 0 Å². The summed E-state index contributed by atoms with van der Waals surface area (Å²) >= 11 is 0. The Bertz CT molecular complexity index is 1640. The number of allylic oxidation sites excluding steroid dienone is 5. The lowest BCUT2D eigenvalue weighted by molar-refractivity contribution is -0.180. The molecule has 6 fully saturated rings. The van der Waals surface area contributed by atoms with Gasteiger partial charge in [0.1, 0.15) is 18.0 Å². The number of hydrogen-bond acceptors (Lipinski definition) is 8. The van der Waals surface area contributed by atoms with E-state index in [9.17, 15) is 39.6 Å². The molecule has 0 aromatic heterocycles. The first-order valence-electron chi connectivity index (χ1n) is 20.2. The summed E-state index contributed by atoms with van der Waals surface area (Å²) in [5.74, 6) is 2.25. The van der Waals surface area contributed by atoms with E-state index in [0.29, 0.717) is 42.8 Å². The van der Waals surface area contributed by atoms with E-state index in [4.69, 9.17) is 0 Å². The molecule has 286 valence electrons. The number of rotatable bonds is 3. The van der Waals surface area contributed by atoms with E-state index in [1.54, 1.807) is 19.1 Å². The normalized spacial score (nSPS) is 51.6. The zero-order chi connectivity index (χ0) is 37.9. The van der Waals surface area contributed by atoms with Crippen LogP contribution < -0.4 is 0 Å². The Balaban J connectivity index is 0.000000162. The van der Waals surface area contributed by atoms with Crippen molar-refractivity contribution in [2.45, 2.75) is 130 Å². The van der Waals surface area contributed by atoms with Crippen LogP contribution in [-0.2, 0) is 19.2 Å². The highest BCUT2D eigenvalue weighted by Crippen LogP contribution is 2.69. The number of carbonyl (C=O) groups is 4. The number of hydrogen-bond donors (Lipinski definition) is 4. The highest BCUT2D eigenvalue weighted by molar-refractivity contribution is 6.01. The van der Waals surface area contributed by atoms with Gasteiger partial charge in [0.05, 0.1) is 12.2 Å². The van der Waals surface area contributed by atoms with Gasteiger partial charge in [-0.2, -0.15) is 0 Å². The fourth-order valence-corrected chi connectivity index (χ4v) is 15.1. The van der Waals surface area contributed by atoms with E-state index in [2.05, 4.69) is 34.6 Å². The molecule has 8 aliphatic rings. The quantitative estimate of drug-likeness (QED) is 0.289. The van der Waals surface area contributed by atoms with Crippen molar-refractivity contribution >= 4 is 23.1 Å². The molecule has 0 amide bonds. The van der Waals surface area contributed by atoms with Gasteiger partial charge in [-0.1, -0.05) is 58.8 Å². The lowest BCUT2D eigenvalue weighted by atomic mass is 9.44. The van der Waals surface area contributed by atoms with E-state index < -0.39 is 29.5 Å². The Labute approximate surface area is 309 Å².